The SMILES string of the molecule is CCCCCCCCCCCCC1=[C-]CC=C1.CCCCCCCCCCCCC1=[C-]CC=C1.[Zr+2]. The van der Waals surface area contributed by atoms with Crippen LogP contribution in [0.3, 0.4) is 0 Å². The van der Waals surface area contributed by atoms with Crippen LogP contribution in [0.2, 0.25) is 0 Å². The van der Waals surface area contributed by atoms with Crippen molar-refractivity contribution >= 4 is 0 Å². The molecule has 0 heterocycles. The van der Waals surface area contributed by atoms with Gasteiger partial charge in [-0.1, -0.05) is 155 Å². The summed E-state index contributed by atoms with van der Waals surface area (Å²) in [6.07, 6.45) is 48.9. The van der Waals surface area contributed by atoms with E-state index in [4.69, 9.17) is 0 Å². The number of allylic oxidation sites excluding steroid dienone is 8. The molecule has 2 aliphatic rings. The fourth-order valence-corrected chi connectivity index (χ4v) is 4.85. The van der Waals surface area contributed by atoms with Crippen molar-refractivity contribution in [3.63, 3.8) is 0 Å². The third-order valence-corrected chi connectivity index (χ3v) is 7.13. The summed E-state index contributed by atoms with van der Waals surface area (Å²) in [5.41, 5.74) is 2.90. The number of hydrogen-bond acceptors (Lipinski definition) is 0. The second kappa shape index (κ2) is 28.4. The molecule has 0 N–H and O–H groups in total. The summed E-state index contributed by atoms with van der Waals surface area (Å²) >= 11 is 0. The van der Waals surface area contributed by atoms with Crippen LogP contribution in [-0.4, -0.2) is 0 Å². The van der Waals surface area contributed by atoms with Crippen LogP contribution in [0.4, 0.5) is 0 Å². The maximum Gasteiger partial charge on any atom is 2.00 e. The second-order valence-corrected chi connectivity index (χ2v) is 10.5. The van der Waals surface area contributed by atoms with E-state index in [1.165, 1.54) is 152 Å². The van der Waals surface area contributed by atoms with E-state index >= 15 is 0 Å². The van der Waals surface area contributed by atoms with Crippen LogP contribution in [0.5, 0.6) is 0 Å². The van der Waals surface area contributed by atoms with Crippen LogP contribution in [0.15, 0.2) is 35.5 Å². The van der Waals surface area contributed by atoms with Gasteiger partial charge in [0, 0.05) is 0 Å². The minimum Gasteiger partial charge on any atom is -0.269 e. The van der Waals surface area contributed by atoms with Gasteiger partial charge in [0.25, 0.3) is 0 Å². The van der Waals surface area contributed by atoms with Crippen molar-refractivity contribution in [3.8, 4) is 0 Å². The van der Waals surface area contributed by atoms with E-state index < -0.39 is 0 Å². The average Bonchev–Trinajstić information content (AvgIpc) is 3.56. The molecule has 0 spiro atoms. The maximum atomic E-state index is 3.39. The van der Waals surface area contributed by atoms with Crippen LogP contribution in [0.1, 0.15) is 168 Å². The zero-order valence-corrected chi connectivity index (χ0v) is 26.2. The van der Waals surface area contributed by atoms with Gasteiger partial charge in [0.1, 0.15) is 0 Å². The van der Waals surface area contributed by atoms with Gasteiger partial charge in [-0.3, -0.25) is 12.2 Å². The quantitative estimate of drug-likeness (QED) is 0.0917. The predicted octanol–water partition coefficient (Wildman–Crippen LogP) is 12.0. The Morgan fingerprint density at radius 1 is 0.457 bits per heavy atom. The molecule has 2 rings (SSSR count). The smallest absolute Gasteiger partial charge is 0.269 e. The van der Waals surface area contributed by atoms with E-state index in [0.717, 1.165) is 12.8 Å². The molecular formula is C34H58Zr. The topological polar surface area (TPSA) is 0 Å². The molecule has 0 saturated carbocycles. The predicted molar refractivity (Wildman–Crippen MR) is 154 cm³/mol. The van der Waals surface area contributed by atoms with Gasteiger partial charge in [-0.15, -0.1) is 12.8 Å². The summed E-state index contributed by atoms with van der Waals surface area (Å²) in [7, 11) is 0. The molecule has 0 nitrogen and oxygen atoms in total. The zero-order chi connectivity index (χ0) is 24.4. The van der Waals surface area contributed by atoms with Gasteiger partial charge >= 0.3 is 26.2 Å². The number of hydrogen-bond donors (Lipinski definition) is 0. The van der Waals surface area contributed by atoms with E-state index in [0.29, 0.717) is 0 Å². The maximum absolute atomic E-state index is 3.39. The Bertz CT molecular complexity index is 501. The Morgan fingerprint density at radius 2 is 0.743 bits per heavy atom. The molecule has 0 aromatic carbocycles. The van der Waals surface area contributed by atoms with Crippen molar-refractivity contribution in [1.82, 2.24) is 0 Å². The first-order chi connectivity index (χ1) is 16.9. The fraction of sp³-hybridized carbons (Fsp3) is 0.765. The number of unbranched alkanes of at least 4 members (excludes halogenated alkanes) is 18. The molecule has 0 saturated heterocycles. The zero-order valence-electron chi connectivity index (χ0n) is 23.8. The summed E-state index contributed by atoms with van der Waals surface area (Å²) in [4.78, 5) is 0. The average molecular weight is 558 g/mol. The molecule has 0 aromatic rings. The van der Waals surface area contributed by atoms with E-state index in [-0.39, 0.29) is 26.2 Å². The Kier molecular flexibility index (Phi) is 28.3. The molecule has 0 aliphatic heterocycles. The molecule has 0 bridgehead atoms. The second-order valence-electron chi connectivity index (χ2n) is 10.5. The summed E-state index contributed by atoms with van der Waals surface area (Å²) < 4.78 is 0. The Hall–Kier alpha value is -0.157. The monoisotopic (exact) mass is 556 g/mol. The molecule has 0 atom stereocenters. The third-order valence-electron chi connectivity index (χ3n) is 7.13. The Morgan fingerprint density at radius 3 is 1.00 bits per heavy atom. The Labute approximate surface area is 240 Å². The molecular weight excluding hydrogens is 500 g/mol. The molecule has 0 fully saturated rings. The van der Waals surface area contributed by atoms with Gasteiger partial charge in [-0.25, -0.2) is 23.3 Å². The van der Waals surface area contributed by atoms with Crippen molar-refractivity contribution in [2.75, 3.05) is 0 Å². The standard InChI is InChI=1S/2C17H29.Zr/c2*1-2-3-4-5-6-7-8-9-10-11-14-17-15-12-13-16-17;/h2*12,15H,2-11,13-14H2,1H3;/q2*-1;+2. The van der Waals surface area contributed by atoms with Crippen molar-refractivity contribution in [2.24, 2.45) is 0 Å². The van der Waals surface area contributed by atoms with Gasteiger partial charge in [0.15, 0.2) is 0 Å². The van der Waals surface area contributed by atoms with Crippen LogP contribution < -0.4 is 0 Å². The van der Waals surface area contributed by atoms with Crippen LogP contribution >= 0.6 is 0 Å². The van der Waals surface area contributed by atoms with Gasteiger partial charge < -0.3 is 0 Å². The van der Waals surface area contributed by atoms with Crippen molar-refractivity contribution in [2.45, 2.75) is 168 Å². The first-order valence-corrected chi connectivity index (χ1v) is 15.4. The van der Waals surface area contributed by atoms with Crippen molar-refractivity contribution in [1.29, 1.82) is 0 Å². The van der Waals surface area contributed by atoms with E-state index in [1.807, 2.05) is 0 Å². The molecule has 198 valence electrons. The molecule has 0 radical (unpaired) electrons. The molecule has 0 unspecified atom stereocenters. The van der Waals surface area contributed by atoms with Gasteiger partial charge in [0.2, 0.25) is 0 Å². The minimum atomic E-state index is 0. The van der Waals surface area contributed by atoms with Gasteiger partial charge in [0.05, 0.1) is 0 Å². The van der Waals surface area contributed by atoms with Crippen LogP contribution in [-0.2, 0) is 26.2 Å². The summed E-state index contributed by atoms with van der Waals surface area (Å²) in [5.74, 6) is 0. The fourth-order valence-electron chi connectivity index (χ4n) is 4.85. The van der Waals surface area contributed by atoms with E-state index in [1.54, 1.807) is 0 Å². The Balaban J connectivity index is 0.000000642. The first-order valence-electron chi connectivity index (χ1n) is 15.4. The molecule has 0 aromatic heterocycles. The minimum absolute atomic E-state index is 0. The molecule has 0 amide bonds. The largest absolute Gasteiger partial charge is 2.00 e. The third kappa shape index (κ3) is 24.0. The normalized spacial score (nSPS) is 13.9. The molecule has 2 aliphatic carbocycles. The first kappa shape index (κ1) is 34.8. The summed E-state index contributed by atoms with van der Waals surface area (Å²) in [6, 6.07) is 0. The summed E-state index contributed by atoms with van der Waals surface area (Å²) in [6.45, 7) is 4.57. The van der Waals surface area contributed by atoms with Crippen LogP contribution in [0, 0.1) is 12.2 Å². The summed E-state index contributed by atoms with van der Waals surface area (Å²) in [5, 5.41) is 0. The van der Waals surface area contributed by atoms with Crippen molar-refractivity contribution < 1.29 is 26.2 Å². The van der Waals surface area contributed by atoms with E-state index in [9.17, 15) is 0 Å². The van der Waals surface area contributed by atoms with Gasteiger partial charge in [-0.05, 0) is 0 Å². The van der Waals surface area contributed by atoms with Crippen molar-refractivity contribution in [3.05, 3.63) is 47.6 Å². The van der Waals surface area contributed by atoms with Gasteiger partial charge in [-0.2, -0.15) is 12.2 Å². The van der Waals surface area contributed by atoms with E-state index in [2.05, 4.69) is 50.3 Å². The molecule has 35 heavy (non-hydrogen) atoms. The number of rotatable bonds is 22. The molecule has 1 heteroatoms. The van der Waals surface area contributed by atoms with Crippen LogP contribution in [0.25, 0.3) is 0 Å².